The van der Waals surface area contributed by atoms with Crippen molar-refractivity contribution in [3.8, 4) is 0 Å². The molecule has 124 valence electrons. The molecule has 0 amide bonds. The maximum atomic E-state index is 12.9. The van der Waals surface area contributed by atoms with Crippen LogP contribution in [0.25, 0.3) is 0 Å². The molecule has 0 aromatic carbocycles. The first-order chi connectivity index (χ1) is 10.5. The standard InChI is InChI=1S/C14H23N3O3S2/c1-11(2)7-16-8-14(15-10-16)22(18,19)17-4-6-21-13-9-20-5-3-12(13)17/h8,10-13H,3-7,9H2,1-2H3/t12-,13+/m0/s1. The minimum atomic E-state index is -3.51. The van der Waals surface area contributed by atoms with Crippen molar-refractivity contribution in [3.63, 3.8) is 0 Å². The van der Waals surface area contributed by atoms with E-state index < -0.39 is 10.0 Å². The van der Waals surface area contributed by atoms with Crippen LogP contribution in [0.4, 0.5) is 0 Å². The smallest absolute Gasteiger partial charge is 0.262 e. The second-order valence-electron chi connectivity index (χ2n) is 6.26. The Hall–Kier alpha value is -0.570. The summed E-state index contributed by atoms with van der Waals surface area (Å²) in [5.74, 6) is 1.27. The van der Waals surface area contributed by atoms with Crippen LogP contribution in [-0.4, -0.2) is 59.1 Å². The van der Waals surface area contributed by atoms with Gasteiger partial charge in [-0.05, 0) is 12.3 Å². The number of hydrogen-bond donors (Lipinski definition) is 0. The third-order valence-electron chi connectivity index (χ3n) is 4.04. The van der Waals surface area contributed by atoms with Crippen LogP contribution in [0.2, 0.25) is 0 Å². The molecule has 1 aromatic heterocycles. The highest BCUT2D eigenvalue weighted by Crippen LogP contribution is 2.33. The predicted molar refractivity (Wildman–Crippen MR) is 86.4 cm³/mol. The Labute approximate surface area is 136 Å². The van der Waals surface area contributed by atoms with E-state index in [1.807, 2.05) is 16.3 Å². The summed E-state index contributed by atoms with van der Waals surface area (Å²) >= 11 is 1.82. The van der Waals surface area contributed by atoms with Gasteiger partial charge in [0.25, 0.3) is 10.0 Å². The molecule has 2 atom stereocenters. The number of imidazole rings is 1. The number of fused-ring (bicyclic) bond motifs is 1. The van der Waals surface area contributed by atoms with E-state index >= 15 is 0 Å². The van der Waals surface area contributed by atoms with Crippen molar-refractivity contribution < 1.29 is 13.2 Å². The first-order valence-electron chi connectivity index (χ1n) is 7.71. The average Bonchev–Trinajstić information content (AvgIpc) is 2.95. The fourth-order valence-corrected chi connectivity index (χ4v) is 6.19. The molecular formula is C14H23N3O3S2. The van der Waals surface area contributed by atoms with E-state index in [1.165, 1.54) is 0 Å². The molecule has 3 heterocycles. The molecule has 6 nitrogen and oxygen atoms in total. The molecule has 0 radical (unpaired) electrons. The highest BCUT2D eigenvalue weighted by Gasteiger charge is 2.41. The molecule has 8 heteroatoms. The number of rotatable bonds is 4. The van der Waals surface area contributed by atoms with Gasteiger partial charge in [-0.2, -0.15) is 16.1 Å². The molecule has 2 saturated heterocycles. The lowest BCUT2D eigenvalue weighted by molar-refractivity contribution is 0.0624. The molecular weight excluding hydrogens is 322 g/mol. The van der Waals surface area contributed by atoms with Gasteiger partial charge in [0.05, 0.1) is 12.9 Å². The molecule has 0 N–H and O–H groups in total. The summed E-state index contributed by atoms with van der Waals surface area (Å²) in [6.07, 6.45) is 4.04. The molecule has 2 fully saturated rings. The van der Waals surface area contributed by atoms with Crippen molar-refractivity contribution in [2.24, 2.45) is 5.92 Å². The molecule has 0 spiro atoms. The molecule has 0 unspecified atom stereocenters. The van der Waals surface area contributed by atoms with E-state index in [2.05, 4.69) is 18.8 Å². The van der Waals surface area contributed by atoms with E-state index in [9.17, 15) is 8.42 Å². The summed E-state index contributed by atoms with van der Waals surface area (Å²) in [5, 5.41) is 0.417. The maximum absolute atomic E-state index is 12.9. The Bertz CT molecular complexity index is 613. The number of aromatic nitrogens is 2. The van der Waals surface area contributed by atoms with E-state index in [0.29, 0.717) is 25.7 Å². The molecule has 2 aliphatic rings. The number of nitrogens with zero attached hydrogens (tertiary/aromatic N) is 3. The lowest BCUT2D eigenvalue weighted by Gasteiger charge is -2.41. The van der Waals surface area contributed by atoms with Crippen molar-refractivity contribution in [1.82, 2.24) is 13.9 Å². The largest absolute Gasteiger partial charge is 0.380 e. The fraction of sp³-hybridized carbons (Fsp3) is 0.786. The molecule has 0 aliphatic carbocycles. The molecule has 0 saturated carbocycles. The Morgan fingerprint density at radius 1 is 1.50 bits per heavy atom. The normalized spacial score (nSPS) is 27.0. The van der Waals surface area contributed by atoms with Gasteiger partial charge in [-0.25, -0.2) is 13.4 Å². The van der Waals surface area contributed by atoms with E-state index in [1.54, 1.807) is 16.8 Å². The van der Waals surface area contributed by atoms with Crippen LogP contribution < -0.4 is 0 Å². The van der Waals surface area contributed by atoms with Crippen LogP contribution in [0.15, 0.2) is 17.6 Å². The zero-order chi connectivity index (χ0) is 15.7. The number of thioether (sulfide) groups is 1. The highest BCUT2D eigenvalue weighted by atomic mass is 32.2. The lowest BCUT2D eigenvalue weighted by atomic mass is 10.1. The monoisotopic (exact) mass is 345 g/mol. The average molecular weight is 345 g/mol. The van der Waals surface area contributed by atoms with Gasteiger partial charge in [0.15, 0.2) is 5.03 Å². The second-order valence-corrected chi connectivity index (χ2v) is 9.44. The Morgan fingerprint density at radius 3 is 3.09 bits per heavy atom. The zero-order valence-corrected chi connectivity index (χ0v) is 14.6. The van der Waals surface area contributed by atoms with Crippen LogP contribution in [0, 0.1) is 5.92 Å². The number of hydrogen-bond acceptors (Lipinski definition) is 5. The van der Waals surface area contributed by atoms with Crippen molar-refractivity contribution in [2.45, 2.75) is 43.1 Å². The first kappa shape index (κ1) is 16.3. The second kappa shape index (κ2) is 6.51. The van der Waals surface area contributed by atoms with Crippen molar-refractivity contribution in [1.29, 1.82) is 0 Å². The predicted octanol–water partition coefficient (Wildman–Crippen LogP) is 1.43. The van der Waals surface area contributed by atoms with E-state index in [0.717, 1.165) is 18.7 Å². The molecule has 3 rings (SSSR count). The van der Waals surface area contributed by atoms with Gasteiger partial charge < -0.3 is 9.30 Å². The van der Waals surface area contributed by atoms with Gasteiger partial charge in [-0.1, -0.05) is 13.8 Å². The van der Waals surface area contributed by atoms with Crippen molar-refractivity contribution >= 4 is 21.8 Å². The van der Waals surface area contributed by atoms with Gasteiger partial charge >= 0.3 is 0 Å². The summed E-state index contributed by atoms with van der Waals surface area (Å²) < 4.78 is 34.9. The third-order valence-corrected chi connectivity index (χ3v) is 7.15. The van der Waals surface area contributed by atoms with Gasteiger partial charge in [0, 0.05) is 42.9 Å². The Morgan fingerprint density at radius 2 is 2.32 bits per heavy atom. The topological polar surface area (TPSA) is 64.4 Å². The van der Waals surface area contributed by atoms with Gasteiger partial charge in [0.1, 0.15) is 0 Å². The van der Waals surface area contributed by atoms with E-state index in [4.69, 9.17) is 4.74 Å². The van der Waals surface area contributed by atoms with Gasteiger partial charge in [-0.3, -0.25) is 0 Å². The minimum Gasteiger partial charge on any atom is -0.380 e. The van der Waals surface area contributed by atoms with Crippen molar-refractivity contribution in [2.75, 3.05) is 25.5 Å². The summed E-state index contributed by atoms with van der Waals surface area (Å²) in [4.78, 5) is 4.15. The lowest BCUT2D eigenvalue weighted by Crippen LogP contribution is -2.54. The highest BCUT2D eigenvalue weighted by molar-refractivity contribution is 8.00. The zero-order valence-electron chi connectivity index (χ0n) is 13.0. The summed E-state index contributed by atoms with van der Waals surface area (Å²) in [6.45, 7) is 6.81. The number of ether oxygens (including phenoxy) is 1. The third kappa shape index (κ3) is 3.20. The maximum Gasteiger partial charge on any atom is 0.262 e. The van der Waals surface area contributed by atoms with E-state index in [-0.39, 0.29) is 16.3 Å². The molecule has 0 bridgehead atoms. The Balaban J connectivity index is 1.83. The van der Waals surface area contributed by atoms with Gasteiger partial charge in [0.2, 0.25) is 0 Å². The van der Waals surface area contributed by atoms with Crippen LogP contribution in [0.1, 0.15) is 20.3 Å². The fourth-order valence-electron chi connectivity index (χ4n) is 3.06. The van der Waals surface area contributed by atoms with Crippen LogP contribution in [0.3, 0.4) is 0 Å². The quantitative estimate of drug-likeness (QED) is 0.826. The van der Waals surface area contributed by atoms with Crippen molar-refractivity contribution in [3.05, 3.63) is 12.5 Å². The molecule has 2 aliphatic heterocycles. The Kier molecular flexibility index (Phi) is 4.82. The summed E-state index contributed by atoms with van der Waals surface area (Å²) in [5.41, 5.74) is 0. The molecule has 1 aromatic rings. The van der Waals surface area contributed by atoms with Gasteiger partial charge in [-0.15, -0.1) is 0 Å². The number of sulfonamides is 1. The van der Waals surface area contributed by atoms with Crippen LogP contribution in [0.5, 0.6) is 0 Å². The minimum absolute atomic E-state index is 0.0350. The van der Waals surface area contributed by atoms with Crippen LogP contribution >= 0.6 is 11.8 Å². The summed E-state index contributed by atoms with van der Waals surface area (Å²) in [7, 11) is -3.51. The first-order valence-corrected chi connectivity index (χ1v) is 10.2. The SMILES string of the molecule is CC(C)Cn1cnc(S(=O)(=O)N2CCS[C@@H]3COCC[C@@H]32)c1. The summed E-state index contributed by atoms with van der Waals surface area (Å²) in [6, 6.07) is 0.0350. The van der Waals surface area contributed by atoms with Crippen LogP contribution in [-0.2, 0) is 21.3 Å². The molecule has 22 heavy (non-hydrogen) atoms.